The number of ether oxygens (including phenoxy) is 2. The van der Waals surface area contributed by atoms with Gasteiger partial charge < -0.3 is 9.47 Å². The largest absolute Gasteiger partial charge is 0.481 e. The van der Waals surface area contributed by atoms with E-state index in [9.17, 15) is 0 Å². The van der Waals surface area contributed by atoms with E-state index < -0.39 is 0 Å². The van der Waals surface area contributed by atoms with Crippen molar-refractivity contribution in [1.29, 1.82) is 0 Å². The molecular weight excluding hydrogens is 252 g/mol. The van der Waals surface area contributed by atoms with Crippen LogP contribution in [-0.4, -0.2) is 24.2 Å². The van der Waals surface area contributed by atoms with Crippen molar-refractivity contribution in [3.05, 3.63) is 47.8 Å². The third kappa shape index (κ3) is 7.36. The van der Waals surface area contributed by atoms with Gasteiger partial charge in [-0.1, -0.05) is 26.0 Å². The smallest absolute Gasteiger partial charge is 0.212 e. The maximum Gasteiger partial charge on any atom is 0.212 e. The van der Waals surface area contributed by atoms with Gasteiger partial charge in [-0.3, -0.25) is 0 Å². The van der Waals surface area contributed by atoms with Gasteiger partial charge in [0.15, 0.2) is 0 Å². The molecule has 0 unspecified atom stereocenters. The van der Waals surface area contributed by atoms with E-state index in [4.69, 9.17) is 9.47 Å². The van der Waals surface area contributed by atoms with Crippen molar-refractivity contribution in [2.75, 3.05) is 14.2 Å². The Kier molecular flexibility index (Phi) is 9.66. The van der Waals surface area contributed by atoms with Crippen molar-refractivity contribution in [3.63, 3.8) is 0 Å². The summed E-state index contributed by atoms with van der Waals surface area (Å²) >= 11 is 0. The van der Waals surface area contributed by atoms with Crippen LogP contribution in [0.4, 0.5) is 0 Å². The average molecular weight is 276 g/mol. The first kappa shape index (κ1) is 17.9. The Bertz CT molecular complexity index is 407. The summed E-state index contributed by atoms with van der Waals surface area (Å²) in [5.74, 6) is 1.33. The average Bonchev–Trinajstić information content (AvgIpc) is 2.51. The minimum absolute atomic E-state index is 0.667. The fraction of sp³-hybridized carbons (Fsp3) is 0.375. The molecule has 0 aliphatic carbocycles. The van der Waals surface area contributed by atoms with E-state index in [1.54, 1.807) is 26.6 Å². The molecule has 0 aromatic carbocycles. The second-order valence-corrected chi connectivity index (χ2v) is 3.76. The second-order valence-electron chi connectivity index (χ2n) is 3.76. The normalized spacial score (nSPS) is 8.50. The summed E-state index contributed by atoms with van der Waals surface area (Å²) in [7, 11) is 3.22. The van der Waals surface area contributed by atoms with E-state index in [-0.39, 0.29) is 0 Å². The minimum atomic E-state index is 0.667. The van der Waals surface area contributed by atoms with Gasteiger partial charge in [0.1, 0.15) is 0 Å². The van der Waals surface area contributed by atoms with Crippen LogP contribution >= 0.6 is 0 Å². The minimum Gasteiger partial charge on any atom is -0.481 e. The fourth-order valence-corrected chi connectivity index (χ4v) is 1.15. The van der Waals surface area contributed by atoms with Gasteiger partial charge in [0.2, 0.25) is 11.8 Å². The predicted octanol–water partition coefficient (Wildman–Crippen LogP) is 3.82. The highest BCUT2D eigenvalue weighted by Gasteiger charge is 1.88. The lowest BCUT2D eigenvalue weighted by Gasteiger charge is -1.95. The third-order valence-corrected chi connectivity index (χ3v) is 2.19. The molecule has 0 aliphatic heterocycles. The summed E-state index contributed by atoms with van der Waals surface area (Å²) in [5, 5.41) is 0. The molecule has 0 spiro atoms. The molecule has 4 heteroatoms. The van der Waals surface area contributed by atoms with Gasteiger partial charge in [0.25, 0.3) is 0 Å². The molecule has 110 valence electrons. The Hall–Kier alpha value is -2.10. The Morgan fingerprint density at radius 1 is 0.700 bits per heavy atom. The Morgan fingerprint density at radius 3 is 1.25 bits per heavy atom. The van der Waals surface area contributed by atoms with E-state index in [0.29, 0.717) is 11.8 Å². The highest BCUT2D eigenvalue weighted by Crippen LogP contribution is 2.04. The monoisotopic (exact) mass is 276 g/mol. The van der Waals surface area contributed by atoms with Gasteiger partial charge >= 0.3 is 0 Å². The van der Waals surface area contributed by atoms with E-state index in [1.807, 2.05) is 52.0 Å². The van der Waals surface area contributed by atoms with Crippen molar-refractivity contribution in [2.45, 2.75) is 27.7 Å². The molecule has 0 saturated heterocycles. The van der Waals surface area contributed by atoms with Crippen LogP contribution in [-0.2, 0) is 0 Å². The predicted molar refractivity (Wildman–Crippen MR) is 82.4 cm³/mol. The first-order chi connectivity index (χ1) is 9.65. The van der Waals surface area contributed by atoms with Crippen LogP contribution in [0.1, 0.15) is 25.0 Å². The maximum absolute atomic E-state index is 4.86. The highest BCUT2D eigenvalue weighted by atomic mass is 16.5. The zero-order valence-electron chi connectivity index (χ0n) is 13.2. The molecule has 2 aromatic rings. The molecule has 4 nitrogen and oxygen atoms in total. The van der Waals surface area contributed by atoms with Gasteiger partial charge in [0.05, 0.1) is 14.2 Å². The molecule has 0 N–H and O–H groups in total. The molecule has 20 heavy (non-hydrogen) atoms. The number of pyridine rings is 2. The van der Waals surface area contributed by atoms with Crippen molar-refractivity contribution in [3.8, 4) is 11.8 Å². The van der Waals surface area contributed by atoms with Gasteiger partial charge in [-0.15, -0.1) is 0 Å². The summed E-state index contributed by atoms with van der Waals surface area (Å²) in [6.07, 6.45) is 3.55. The number of methoxy groups -OCH3 is 2. The van der Waals surface area contributed by atoms with E-state index >= 15 is 0 Å². The Labute approximate surface area is 121 Å². The van der Waals surface area contributed by atoms with Crippen molar-refractivity contribution in [1.82, 2.24) is 9.97 Å². The molecule has 0 aliphatic rings. The number of aryl methyl sites for hydroxylation is 2. The lowest BCUT2D eigenvalue weighted by atomic mass is 10.3. The van der Waals surface area contributed by atoms with Crippen LogP contribution in [0.25, 0.3) is 0 Å². The van der Waals surface area contributed by atoms with Crippen molar-refractivity contribution < 1.29 is 9.47 Å². The fourth-order valence-electron chi connectivity index (χ4n) is 1.15. The van der Waals surface area contributed by atoms with Gasteiger partial charge in [-0.25, -0.2) is 9.97 Å². The van der Waals surface area contributed by atoms with Gasteiger partial charge in [-0.2, -0.15) is 0 Å². The van der Waals surface area contributed by atoms with Crippen LogP contribution in [0.5, 0.6) is 11.8 Å². The second kappa shape index (κ2) is 10.8. The highest BCUT2D eigenvalue weighted by molar-refractivity contribution is 5.16. The SMILES string of the molecule is CC.COc1ccc(C)cn1.COc1ccc(C)cn1. The van der Waals surface area contributed by atoms with E-state index in [1.165, 1.54) is 0 Å². The summed E-state index contributed by atoms with van der Waals surface area (Å²) in [5.41, 5.74) is 2.30. The number of hydrogen-bond acceptors (Lipinski definition) is 4. The lowest BCUT2D eigenvalue weighted by molar-refractivity contribution is 0.397. The lowest BCUT2D eigenvalue weighted by Crippen LogP contribution is -1.85. The first-order valence-electron chi connectivity index (χ1n) is 6.59. The number of aromatic nitrogens is 2. The molecule has 2 heterocycles. The zero-order chi connectivity index (χ0) is 15.4. The van der Waals surface area contributed by atoms with Crippen LogP contribution in [0.2, 0.25) is 0 Å². The summed E-state index contributed by atoms with van der Waals surface area (Å²) < 4.78 is 9.72. The first-order valence-corrected chi connectivity index (χ1v) is 6.59. The molecule has 0 saturated carbocycles. The quantitative estimate of drug-likeness (QED) is 0.836. The van der Waals surface area contributed by atoms with Crippen molar-refractivity contribution in [2.24, 2.45) is 0 Å². The molecular formula is C16H24N2O2. The van der Waals surface area contributed by atoms with Crippen LogP contribution in [0.15, 0.2) is 36.7 Å². The summed E-state index contributed by atoms with van der Waals surface area (Å²) in [4.78, 5) is 7.95. The number of rotatable bonds is 2. The van der Waals surface area contributed by atoms with E-state index in [2.05, 4.69) is 9.97 Å². The summed E-state index contributed by atoms with van der Waals surface area (Å²) in [6, 6.07) is 7.61. The van der Waals surface area contributed by atoms with E-state index in [0.717, 1.165) is 11.1 Å². The Morgan fingerprint density at radius 2 is 1.05 bits per heavy atom. The van der Waals surface area contributed by atoms with Crippen LogP contribution in [0, 0.1) is 13.8 Å². The number of nitrogens with zero attached hydrogens (tertiary/aromatic N) is 2. The third-order valence-electron chi connectivity index (χ3n) is 2.19. The zero-order valence-corrected chi connectivity index (χ0v) is 13.2. The standard InChI is InChI=1S/2C7H9NO.C2H6/c2*1-6-3-4-7(9-2)8-5-6;1-2/h2*3-5H,1-2H3;1-2H3. The molecule has 0 atom stereocenters. The summed E-state index contributed by atoms with van der Waals surface area (Å²) in [6.45, 7) is 7.98. The molecule has 0 radical (unpaired) electrons. The molecule has 2 rings (SSSR count). The topological polar surface area (TPSA) is 44.2 Å². The van der Waals surface area contributed by atoms with Crippen molar-refractivity contribution >= 4 is 0 Å². The molecule has 0 amide bonds. The van der Waals surface area contributed by atoms with Gasteiger partial charge in [0, 0.05) is 24.5 Å². The molecule has 0 bridgehead atoms. The van der Waals surface area contributed by atoms with Gasteiger partial charge in [-0.05, 0) is 25.0 Å². The van der Waals surface area contributed by atoms with Crippen LogP contribution < -0.4 is 9.47 Å². The number of hydrogen-bond donors (Lipinski definition) is 0. The van der Waals surface area contributed by atoms with Crippen LogP contribution in [0.3, 0.4) is 0 Å². The Balaban J connectivity index is 0.000000321. The molecule has 2 aromatic heterocycles. The maximum atomic E-state index is 4.86. The molecule has 0 fully saturated rings.